The SMILES string of the molecule is CCCCCN(CCCCC)C(=O)N1CCN(C(=O)N(c2ccccc2)c2ccccc2)C(CCN2CCNCC2Cc2ccccc2)C1. The van der Waals surface area contributed by atoms with Crippen LogP contribution in [0, 0.1) is 0 Å². The molecule has 3 aromatic carbocycles. The molecule has 264 valence electrons. The highest BCUT2D eigenvalue weighted by molar-refractivity contribution is 5.99. The largest absolute Gasteiger partial charge is 0.329 e. The molecule has 0 saturated carbocycles. The first-order chi connectivity index (χ1) is 24.1. The topological polar surface area (TPSA) is 62.4 Å². The van der Waals surface area contributed by atoms with Gasteiger partial charge in [-0.2, -0.15) is 0 Å². The van der Waals surface area contributed by atoms with Gasteiger partial charge in [0, 0.05) is 64.9 Å². The van der Waals surface area contributed by atoms with Crippen molar-refractivity contribution in [1.29, 1.82) is 0 Å². The fourth-order valence-corrected chi connectivity index (χ4v) is 7.29. The summed E-state index contributed by atoms with van der Waals surface area (Å²) in [6.07, 6.45) is 8.40. The lowest BCUT2D eigenvalue weighted by Gasteiger charge is -2.45. The summed E-state index contributed by atoms with van der Waals surface area (Å²) in [7, 11) is 0. The van der Waals surface area contributed by atoms with E-state index in [2.05, 4.69) is 64.2 Å². The summed E-state index contributed by atoms with van der Waals surface area (Å²) < 4.78 is 0. The number of benzene rings is 3. The quantitative estimate of drug-likeness (QED) is 0.170. The second-order valence-corrected chi connectivity index (χ2v) is 13.6. The van der Waals surface area contributed by atoms with Gasteiger partial charge in [0.1, 0.15) is 0 Å². The highest BCUT2D eigenvalue weighted by atomic mass is 16.2. The molecule has 4 amide bonds. The number of anilines is 2. The van der Waals surface area contributed by atoms with Crippen LogP contribution in [0.5, 0.6) is 0 Å². The molecule has 0 spiro atoms. The Morgan fingerprint density at radius 1 is 0.714 bits per heavy atom. The van der Waals surface area contributed by atoms with Crippen LogP contribution in [0.1, 0.15) is 64.4 Å². The van der Waals surface area contributed by atoms with Crippen LogP contribution < -0.4 is 10.2 Å². The number of unbranched alkanes of at least 4 members (excludes halogenated alkanes) is 4. The van der Waals surface area contributed by atoms with Crippen molar-refractivity contribution in [3.63, 3.8) is 0 Å². The van der Waals surface area contributed by atoms with Crippen molar-refractivity contribution in [3.8, 4) is 0 Å². The molecule has 0 bridgehead atoms. The summed E-state index contributed by atoms with van der Waals surface area (Å²) in [5, 5.41) is 3.61. The number of amides is 4. The third-order valence-electron chi connectivity index (χ3n) is 10.1. The Morgan fingerprint density at radius 2 is 1.31 bits per heavy atom. The van der Waals surface area contributed by atoms with Gasteiger partial charge in [0.2, 0.25) is 0 Å². The Labute approximate surface area is 295 Å². The smallest absolute Gasteiger partial charge is 0.325 e. The van der Waals surface area contributed by atoms with Gasteiger partial charge in [-0.25, -0.2) is 9.59 Å². The Bertz CT molecular complexity index is 1340. The molecule has 2 aliphatic rings. The van der Waals surface area contributed by atoms with Gasteiger partial charge in [-0.1, -0.05) is 106 Å². The Balaban J connectivity index is 1.38. The molecule has 8 nitrogen and oxygen atoms in total. The molecule has 8 heteroatoms. The van der Waals surface area contributed by atoms with E-state index < -0.39 is 0 Å². The Morgan fingerprint density at radius 3 is 1.90 bits per heavy atom. The van der Waals surface area contributed by atoms with Crippen LogP contribution in [0.4, 0.5) is 21.0 Å². The first kappa shape index (κ1) is 36.4. The number of hydrogen-bond acceptors (Lipinski definition) is 4. The molecule has 2 fully saturated rings. The van der Waals surface area contributed by atoms with Crippen molar-refractivity contribution in [2.75, 3.05) is 63.8 Å². The summed E-state index contributed by atoms with van der Waals surface area (Å²) in [6, 6.07) is 31.0. The van der Waals surface area contributed by atoms with Gasteiger partial charge < -0.3 is 20.0 Å². The minimum Gasteiger partial charge on any atom is -0.325 e. The van der Waals surface area contributed by atoms with Crippen molar-refractivity contribution < 1.29 is 9.59 Å². The van der Waals surface area contributed by atoms with Gasteiger partial charge in [-0.3, -0.25) is 9.80 Å². The molecule has 2 unspecified atom stereocenters. The molecule has 0 aromatic heterocycles. The van der Waals surface area contributed by atoms with Crippen molar-refractivity contribution in [2.24, 2.45) is 0 Å². The molecular weight excluding hydrogens is 608 g/mol. The number of piperazine rings is 2. The maximum Gasteiger partial charge on any atom is 0.329 e. The number of nitrogens with zero attached hydrogens (tertiary/aromatic N) is 5. The molecule has 2 aliphatic heterocycles. The van der Waals surface area contributed by atoms with E-state index in [0.29, 0.717) is 25.7 Å². The molecule has 2 atom stereocenters. The summed E-state index contributed by atoms with van der Waals surface area (Å²) in [5.41, 5.74) is 3.04. The zero-order valence-electron chi connectivity index (χ0n) is 29.9. The van der Waals surface area contributed by atoms with Gasteiger partial charge in [0.05, 0.1) is 17.4 Å². The van der Waals surface area contributed by atoms with E-state index in [9.17, 15) is 9.59 Å². The van der Waals surface area contributed by atoms with Crippen LogP contribution in [-0.2, 0) is 6.42 Å². The van der Waals surface area contributed by atoms with E-state index in [1.54, 1.807) is 0 Å². The lowest BCUT2D eigenvalue weighted by Crippen LogP contribution is -2.61. The zero-order chi connectivity index (χ0) is 34.3. The molecule has 0 radical (unpaired) electrons. The number of rotatable bonds is 15. The number of para-hydroxylation sites is 2. The summed E-state index contributed by atoms with van der Waals surface area (Å²) in [5.74, 6) is 0. The fourth-order valence-electron chi connectivity index (χ4n) is 7.29. The molecule has 5 rings (SSSR count). The van der Waals surface area contributed by atoms with Gasteiger partial charge in [0.25, 0.3) is 0 Å². The van der Waals surface area contributed by atoms with Crippen LogP contribution in [0.15, 0.2) is 91.0 Å². The normalized spacial score (nSPS) is 18.3. The average molecular weight is 667 g/mol. The Kier molecular flexibility index (Phi) is 14.4. The second kappa shape index (κ2) is 19.3. The monoisotopic (exact) mass is 666 g/mol. The lowest BCUT2D eigenvalue weighted by molar-refractivity contribution is 0.0763. The maximum atomic E-state index is 14.7. The predicted octanol–water partition coefficient (Wildman–Crippen LogP) is 7.64. The second-order valence-electron chi connectivity index (χ2n) is 13.6. The van der Waals surface area contributed by atoms with Gasteiger partial charge in [-0.05, 0) is 55.5 Å². The maximum absolute atomic E-state index is 14.7. The molecule has 2 heterocycles. The molecule has 0 aliphatic carbocycles. The van der Waals surface area contributed by atoms with E-state index in [1.165, 1.54) is 5.56 Å². The van der Waals surface area contributed by atoms with Crippen LogP contribution in [0.25, 0.3) is 0 Å². The summed E-state index contributed by atoms with van der Waals surface area (Å²) in [6.45, 7) is 11.4. The van der Waals surface area contributed by atoms with Gasteiger partial charge in [-0.15, -0.1) is 0 Å². The lowest BCUT2D eigenvalue weighted by atomic mass is 10.0. The first-order valence-electron chi connectivity index (χ1n) is 18.8. The number of carbonyl (C=O) groups excluding carboxylic acids is 2. The minimum absolute atomic E-state index is 0.0293. The first-order valence-corrected chi connectivity index (χ1v) is 18.8. The molecule has 2 saturated heterocycles. The number of urea groups is 2. The standard InChI is InChI=1S/C41H58N6O2/c1-3-5-16-26-44(27-17-6-4-2)40(48)45-30-31-46(41(49)47(36-20-12-8-13-21-36)37-22-14-9-15-23-37)38(34-45)24-28-43-29-25-42-33-39(43)32-35-18-10-7-11-19-35/h7-15,18-23,38-39,42H,3-6,16-17,24-34H2,1-2H3. The van der Waals surface area contributed by atoms with Crippen LogP contribution in [0.3, 0.4) is 0 Å². The third kappa shape index (κ3) is 10.3. The van der Waals surface area contributed by atoms with Crippen molar-refractivity contribution in [3.05, 3.63) is 96.6 Å². The van der Waals surface area contributed by atoms with Crippen LogP contribution in [-0.4, -0.2) is 103 Å². The number of carbonyl (C=O) groups is 2. The number of hydrogen-bond donors (Lipinski definition) is 1. The van der Waals surface area contributed by atoms with E-state index in [4.69, 9.17) is 0 Å². The van der Waals surface area contributed by atoms with Crippen molar-refractivity contribution in [2.45, 2.75) is 77.3 Å². The van der Waals surface area contributed by atoms with E-state index in [0.717, 1.165) is 102 Å². The highest BCUT2D eigenvalue weighted by Crippen LogP contribution is 2.29. The van der Waals surface area contributed by atoms with Gasteiger partial charge >= 0.3 is 12.1 Å². The molecular formula is C41H58N6O2. The van der Waals surface area contributed by atoms with Crippen LogP contribution in [0.2, 0.25) is 0 Å². The minimum atomic E-state index is -0.0967. The van der Waals surface area contributed by atoms with E-state index >= 15 is 0 Å². The molecule has 1 N–H and O–H groups in total. The predicted molar refractivity (Wildman–Crippen MR) is 201 cm³/mol. The summed E-state index contributed by atoms with van der Waals surface area (Å²) >= 11 is 0. The fraction of sp³-hybridized carbons (Fsp3) is 0.512. The zero-order valence-corrected chi connectivity index (χ0v) is 29.9. The highest BCUT2D eigenvalue weighted by Gasteiger charge is 2.37. The van der Waals surface area contributed by atoms with Crippen molar-refractivity contribution in [1.82, 2.24) is 24.9 Å². The third-order valence-corrected chi connectivity index (χ3v) is 10.1. The van der Waals surface area contributed by atoms with E-state index in [-0.39, 0.29) is 18.1 Å². The van der Waals surface area contributed by atoms with Crippen LogP contribution >= 0.6 is 0 Å². The molecule has 49 heavy (non-hydrogen) atoms. The number of nitrogens with one attached hydrogen (secondary N) is 1. The van der Waals surface area contributed by atoms with E-state index in [1.807, 2.05) is 70.5 Å². The Hall–Kier alpha value is -3.88. The van der Waals surface area contributed by atoms with Gasteiger partial charge in [0.15, 0.2) is 0 Å². The molecule has 3 aromatic rings. The van der Waals surface area contributed by atoms with Crippen molar-refractivity contribution >= 4 is 23.4 Å². The summed E-state index contributed by atoms with van der Waals surface area (Å²) in [4.78, 5) is 39.5. The average Bonchev–Trinajstić information content (AvgIpc) is 3.15.